The minimum Gasteiger partial charge on any atom is -0.444 e. The number of carbonyl (C=O) groups excluding carboxylic acids is 7. The van der Waals surface area contributed by atoms with Crippen molar-refractivity contribution in [1.29, 1.82) is 0 Å². The molecule has 0 spiro atoms. The van der Waals surface area contributed by atoms with Crippen LogP contribution in [0.1, 0.15) is 151 Å². The Kier molecular flexibility index (Phi) is 20.2. The predicted molar refractivity (Wildman–Crippen MR) is 386 cm³/mol. The van der Waals surface area contributed by atoms with Crippen LogP contribution in [0.3, 0.4) is 0 Å². The molecule has 2 saturated carbocycles. The summed E-state index contributed by atoms with van der Waals surface area (Å²) in [6, 6.07) is 14.1. The maximum Gasteiger partial charge on any atom is 0.410 e. The lowest BCUT2D eigenvalue weighted by molar-refractivity contribution is -0.139. The number of ether oxygens (including phenoxy) is 3. The van der Waals surface area contributed by atoms with E-state index in [4.69, 9.17) is 24.4 Å². The minimum atomic E-state index is -0.739. The predicted octanol–water partition coefficient (Wildman–Crippen LogP) is 10.2. The van der Waals surface area contributed by atoms with Crippen LogP contribution in [0.4, 0.5) is 4.79 Å². The third-order valence-electron chi connectivity index (χ3n) is 20.8. The number of piperidine rings is 2. The molecule has 6 atom stereocenters. The topological polar surface area (TPSA) is 282 Å². The molecule has 2 aromatic carbocycles. The molecule has 2 aliphatic carbocycles. The van der Waals surface area contributed by atoms with Crippen molar-refractivity contribution in [2.75, 3.05) is 39.5 Å². The smallest absolute Gasteiger partial charge is 0.410 e. The molecule has 4 aliphatic heterocycles. The molecule has 1 N–H and O–H groups in total. The number of hydrogen-bond donors (Lipinski definition) is 1. The highest BCUT2D eigenvalue weighted by molar-refractivity contribution is 6.08. The average Bonchev–Trinajstić information content (AvgIpc) is 1.54. The molecule has 0 radical (unpaired) electrons. The summed E-state index contributed by atoms with van der Waals surface area (Å²) in [5, 5.41) is 14.2. The first kappa shape index (κ1) is 71.5. The maximum absolute atomic E-state index is 14.7. The highest BCUT2D eigenvalue weighted by atomic mass is 16.6. The number of benzene rings is 2. The fourth-order valence-corrected chi connectivity index (χ4v) is 15.3. The van der Waals surface area contributed by atoms with Crippen molar-refractivity contribution in [2.24, 2.45) is 10.8 Å². The third kappa shape index (κ3) is 15.3. The Morgan fingerprint density at radius 3 is 1.50 bits per heavy atom. The van der Waals surface area contributed by atoms with Crippen LogP contribution in [0.5, 0.6) is 0 Å². The molecule has 10 heterocycles. The molecule has 6 aliphatic rings. The van der Waals surface area contributed by atoms with Crippen LogP contribution in [0.2, 0.25) is 0 Å². The van der Waals surface area contributed by atoms with E-state index in [0.29, 0.717) is 104 Å². The lowest BCUT2D eigenvalue weighted by Crippen LogP contribution is -2.45. The average molecular weight is 1400 g/mol. The number of aromatic nitrogens is 10. The largest absolute Gasteiger partial charge is 0.444 e. The summed E-state index contributed by atoms with van der Waals surface area (Å²) in [7, 11) is 0. The molecule has 0 unspecified atom stereocenters. The summed E-state index contributed by atoms with van der Waals surface area (Å²) in [5.74, 6) is 0.273. The van der Waals surface area contributed by atoms with Gasteiger partial charge in [-0.15, -0.1) is 0 Å². The quantitative estimate of drug-likeness (QED) is 0.0984. The standard InChI is InChI=1S/C42H49N7O6.C37H41N7O4/c1-25-11-12-26(2)45-33(25)17-35(51)34-18-42-19-36(42)49(34)37(52)23-48-39-30(22-47(40(53)55-41(5,6)7)13-9-8-10-14-54-24-42)15-29(31-20-43-28(4)44-21-31)16-32(39)38(46-48)27(3)50;1-22-8-9-23(2)41-30(22)14-32(46)31-15-37-16-33(37)44(31)34(47)20-43-36-27(17-38-10-6-5-7-11-48-21-37)12-26(28-18-39-25(4)40-19-28)13-29(36)35(42-43)24(3)45/h8,10-12,15-16,20-21,34,36H,9,13-14,17-19,22-24H2,1-7H3;5,7-9,12-13,18-19,31,33,38H,6,10-11,14-17,20-21H2,1-4H3/b10-8+;7-5+/t34-,36+,42-;31-,33+,37-/m00/s1. The first-order chi connectivity index (χ1) is 49.3. The van der Waals surface area contributed by atoms with E-state index in [1.807, 2.05) is 116 Å². The number of amides is 3. The van der Waals surface area contributed by atoms with E-state index in [2.05, 4.69) is 47.4 Å². The van der Waals surface area contributed by atoms with Gasteiger partial charge in [0.05, 0.1) is 80.3 Å². The molecule has 8 aromatic rings. The summed E-state index contributed by atoms with van der Waals surface area (Å²) in [6.07, 6.45) is 18.8. The number of pyridine rings is 2. The van der Waals surface area contributed by atoms with Crippen molar-refractivity contribution in [3.8, 4) is 22.3 Å². The Morgan fingerprint density at radius 2 is 1.03 bits per heavy atom. The summed E-state index contributed by atoms with van der Waals surface area (Å²) in [5.41, 5.74) is 10.2. The number of carbonyl (C=O) groups is 7. The summed E-state index contributed by atoms with van der Waals surface area (Å²) in [4.78, 5) is 129. The molecule has 6 aromatic heterocycles. The molecule has 536 valence electrons. The number of ketones is 4. The molecule has 2 saturated heterocycles. The fourth-order valence-electron chi connectivity index (χ4n) is 15.3. The van der Waals surface area contributed by atoms with Crippen LogP contribution >= 0.6 is 0 Å². The van der Waals surface area contributed by atoms with Crippen molar-refractivity contribution >= 4 is 62.8 Å². The van der Waals surface area contributed by atoms with Gasteiger partial charge < -0.3 is 34.2 Å². The second-order valence-corrected chi connectivity index (χ2v) is 29.8. The van der Waals surface area contributed by atoms with Crippen LogP contribution in [0, 0.1) is 52.4 Å². The van der Waals surface area contributed by atoms with Gasteiger partial charge in [-0.25, -0.2) is 24.7 Å². The van der Waals surface area contributed by atoms with E-state index < -0.39 is 23.8 Å². The van der Waals surface area contributed by atoms with E-state index >= 15 is 0 Å². The molecule has 24 nitrogen and oxygen atoms in total. The van der Waals surface area contributed by atoms with Gasteiger partial charge >= 0.3 is 6.09 Å². The first-order valence-corrected chi connectivity index (χ1v) is 35.6. The highest BCUT2D eigenvalue weighted by Gasteiger charge is 2.68. The Labute approximate surface area is 599 Å². The Bertz CT molecular complexity index is 4740. The van der Waals surface area contributed by atoms with Crippen LogP contribution < -0.4 is 5.32 Å². The number of Topliss-reactive ketones (excluding diaryl/α,β-unsaturated/α-hetero) is 4. The van der Waals surface area contributed by atoms with E-state index in [9.17, 15) is 33.6 Å². The minimum absolute atomic E-state index is 0.0185. The monoisotopic (exact) mass is 1390 g/mol. The van der Waals surface area contributed by atoms with E-state index in [-0.39, 0.29) is 96.0 Å². The van der Waals surface area contributed by atoms with Gasteiger partial charge in [0.25, 0.3) is 0 Å². The normalized spacial score (nSPS) is 22.8. The zero-order valence-corrected chi connectivity index (χ0v) is 60.7. The van der Waals surface area contributed by atoms with E-state index in [1.54, 1.807) is 55.8 Å². The van der Waals surface area contributed by atoms with Gasteiger partial charge in [0, 0.05) is 108 Å². The van der Waals surface area contributed by atoms with Gasteiger partial charge in [0.15, 0.2) is 23.1 Å². The Balaban J connectivity index is 0.000000185. The maximum atomic E-state index is 14.7. The van der Waals surface area contributed by atoms with Crippen LogP contribution in [-0.4, -0.2) is 174 Å². The van der Waals surface area contributed by atoms with Crippen LogP contribution in [-0.2, 0) is 72.4 Å². The lowest BCUT2D eigenvalue weighted by Gasteiger charge is -2.28. The molecule has 3 amide bonds. The summed E-state index contributed by atoms with van der Waals surface area (Å²) in [6.45, 7) is 22.9. The second kappa shape index (κ2) is 29.1. The first-order valence-electron chi connectivity index (χ1n) is 35.6. The molecule has 103 heavy (non-hydrogen) atoms. The Hall–Kier alpha value is -9.91. The molecule has 14 rings (SSSR count). The van der Waals surface area contributed by atoms with Crippen molar-refractivity contribution in [3.63, 3.8) is 0 Å². The molecular formula is C79H90N14O10. The van der Waals surface area contributed by atoms with Gasteiger partial charge in [0.1, 0.15) is 41.7 Å². The van der Waals surface area contributed by atoms with Gasteiger partial charge in [-0.05, 0) is 177 Å². The number of aryl methyl sites for hydroxylation is 6. The van der Waals surface area contributed by atoms with E-state index in [1.165, 1.54) is 13.8 Å². The van der Waals surface area contributed by atoms with Gasteiger partial charge in [-0.1, -0.05) is 36.4 Å². The van der Waals surface area contributed by atoms with Crippen molar-refractivity contribution in [2.45, 2.75) is 183 Å². The van der Waals surface area contributed by atoms with Gasteiger partial charge in [-0.3, -0.25) is 48.1 Å². The molecule has 4 bridgehead atoms. The SMILES string of the molecule is CC(=O)c1nn2c3c(cc(-c4cnc(C)nc4)cc13)CN(C(=O)OC(C)(C)C)CC/C=C/COC[C@@]13C[C@@H](C(=O)Cc4nc(C)ccc4C)N(C(=O)C2)[C@@H]1C3.CC(=O)c1nn2c3c(cc(-c4cnc(C)nc4)cc13)CNCC/C=C/COC[C@@]13C[C@@H](C(=O)Cc4nc(C)ccc4C)N(C(=O)C2)[C@@H]1C3. The van der Waals surface area contributed by atoms with Crippen LogP contribution in [0.25, 0.3) is 44.1 Å². The number of rotatable bonds is 10. The molecular weight excluding hydrogens is 1300 g/mol. The number of hydrogen-bond acceptors (Lipinski definition) is 19. The zero-order chi connectivity index (χ0) is 72.8. The van der Waals surface area contributed by atoms with Crippen molar-refractivity contribution < 1.29 is 47.8 Å². The third-order valence-corrected chi connectivity index (χ3v) is 20.8. The second-order valence-electron chi connectivity index (χ2n) is 29.8. The Morgan fingerprint density at radius 1 is 0.573 bits per heavy atom. The highest BCUT2D eigenvalue weighted by Crippen LogP contribution is 2.61. The van der Waals surface area contributed by atoms with Gasteiger partial charge in [-0.2, -0.15) is 10.2 Å². The fraction of sp³-hybridized carbons (Fsp3) is 0.456. The number of nitrogens with one attached hydrogen (secondary N) is 1. The zero-order valence-electron chi connectivity index (χ0n) is 60.7. The van der Waals surface area contributed by atoms with E-state index in [0.717, 1.165) is 87.3 Å². The van der Waals surface area contributed by atoms with Gasteiger partial charge in [0.2, 0.25) is 11.8 Å². The number of nitrogens with zero attached hydrogens (tertiary/aromatic N) is 13. The van der Waals surface area contributed by atoms with Crippen molar-refractivity contribution in [3.05, 3.63) is 166 Å². The van der Waals surface area contributed by atoms with Crippen LogP contribution in [0.15, 0.2) is 97.6 Å². The summed E-state index contributed by atoms with van der Waals surface area (Å²) >= 11 is 0. The van der Waals surface area contributed by atoms with Crippen molar-refractivity contribution in [1.82, 2.24) is 69.5 Å². The summed E-state index contributed by atoms with van der Waals surface area (Å²) < 4.78 is 21.3. The molecule has 24 heteroatoms. The molecule has 4 fully saturated rings. The lowest BCUT2D eigenvalue weighted by atomic mass is 9.95.